The van der Waals surface area contributed by atoms with Crippen LogP contribution in [0.5, 0.6) is 5.75 Å². The van der Waals surface area contributed by atoms with Crippen LogP contribution in [0.1, 0.15) is 74.6 Å². The first-order valence-electron chi connectivity index (χ1n) is 12.9. The number of ether oxygens (including phenoxy) is 1. The third-order valence-electron chi connectivity index (χ3n) is 7.12. The van der Waals surface area contributed by atoms with E-state index < -0.39 is 0 Å². The van der Waals surface area contributed by atoms with Gasteiger partial charge in [0.2, 0.25) is 0 Å². The number of hydrogen-bond acceptors (Lipinski definition) is 3. The quantitative estimate of drug-likeness (QED) is 0.294. The van der Waals surface area contributed by atoms with E-state index in [2.05, 4.69) is 73.5 Å². The topological polar surface area (TPSA) is 24.5 Å². The van der Waals surface area contributed by atoms with E-state index in [0.717, 1.165) is 31.6 Å². The molecule has 1 aliphatic carbocycles. The maximum Gasteiger partial charge on any atom is 0.122 e. The molecule has 2 unspecified atom stereocenters. The molecule has 0 aliphatic heterocycles. The van der Waals surface area contributed by atoms with E-state index in [9.17, 15) is 0 Å². The number of fused-ring (bicyclic) bond motifs is 1. The first-order chi connectivity index (χ1) is 15.7. The van der Waals surface area contributed by atoms with Crippen LogP contribution in [0.2, 0.25) is 0 Å². The van der Waals surface area contributed by atoms with E-state index in [0.29, 0.717) is 12.2 Å². The number of methoxy groups -OCH3 is 1. The molecule has 0 saturated heterocycles. The molecule has 0 saturated carbocycles. The molecule has 2 aromatic carbocycles. The SMILES string of the molecule is CCCCCC(NCCc1ccccc1)N(CCC)C1CCc2c(ccc(OC)c2C)C1. The lowest BCUT2D eigenvalue weighted by atomic mass is 9.84. The number of rotatable bonds is 13. The largest absolute Gasteiger partial charge is 0.496 e. The molecule has 0 fully saturated rings. The van der Waals surface area contributed by atoms with Crippen LogP contribution >= 0.6 is 0 Å². The van der Waals surface area contributed by atoms with Gasteiger partial charge in [-0.15, -0.1) is 0 Å². The number of nitrogens with one attached hydrogen (secondary N) is 1. The molecule has 0 amide bonds. The molecule has 0 heterocycles. The van der Waals surface area contributed by atoms with Crippen molar-refractivity contribution in [1.82, 2.24) is 10.2 Å². The minimum absolute atomic E-state index is 0.469. The maximum absolute atomic E-state index is 5.58. The van der Waals surface area contributed by atoms with Crippen LogP contribution in [-0.4, -0.2) is 37.3 Å². The van der Waals surface area contributed by atoms with Crippen molar-refractivity contribution < 1.29 is 4.74 Å². The van der Waals surface area contributed by atoms with E-state index in [-0.39, 0.29) is 0 Å². The summed E-state index contributed by atoms with van der Waals surface area (Å²) in [6.45, 7) is 9.06. The first-order valence-corrected chi connectivity index (χ1v) is 12.9. The molecule has 0 spiro atoms. The van der Waals surface area contributed by atoms with Gasteiger partial charge in [0.25, 0.3) is 0 Å². The van der Waals surface area contributed by atoms with Gasteiger partial charge < -0.3 is 10.1 Å². The van der Waals surface area contributed by atoms with E-state index in [1.165, 1.54) is 67.3 Å². The van der Waals surface area contributed by atoms with E-state index in [1.807, 2.05) is 0 Å². The Kier molecular flexibility index (Phi) is 10.1. The second-order valence-electron chi connectivity index (χ2n) is 9.37. The van der Waals surface area contributed by atoms with Gasteiger partial charge in [0.1, 0.15) is 5.75 Å². The lowest BCUT2D eigenvalue weighted by molar-refractivity contribution is 0.0906. The van der Waals surface area contributed by atoms with Crippen LogP contribution in [0.15, 0.2) is 42.5 Å². The third kappa shape index (κ3) is 6.59. The van der Waals surface area contributed by atoms with Crippen LogP contribution in [0, 0.1) is 6.92 Å². The van der Waals surface area contributed by atoms with Crippen molar-refractivity contribution in [2.24, 2.45) is 0 Å². The summed E-state index contributed by atoms with van der Waals surface area (Å²) in [5.74, 6) is 1.03. The van der Waals surface area contributed by atoms with Crippen molar-refractivity contribution in [3.05, 3.63) is 64.7 Å². The zero-order chi connectivity index (χ0) is 22.8. The average Bonchev–Trinajstić information content (AvgIpc) is 2.82. The summed E-state index contributed by atoms with van der Waals surface area (Å²) in [5, 5.41) is 3.97. The Morgan fingerprint density at radius 3 is 2.59 bits per heavy atom. The van der Waals surface area contributed by atoms with Gasteiger partial charge in [-0.25, -0.2) is 0 Å². The van der Waals surface area contributed by atoms with Crippen molar-refractivity contribution in [1.29, 1.82) is 0 Å². The lowest BCUT2D eigenvalue weighted by Crippen LogP contribution is -2.53. The predicted octanol–water partition coefficient (Wildman–Crippen LogP) is 6.31. The standard InChI is InChI=1S/C29H44N2O/c1-5-7-9-14-29(30-20-19-24-12-10-8-11-13-24)31(21-6-2)26-16-17-27-23(3)28(32-4)18-15-25(27)22-26/h8,10-13,15,18,26,29-30H,5-7,9,14,16-17,19-22H2,1-4H3. The highest BCUT2D eigenvalue weighted by Crippen LogP contribution is 2.32. The molecule has 0 radical (unpaired) electrons. The molecule has 2 atom stereocenters. The maximum atomic E-state index is 5.58. The highest BCUT2D eigenvalue weighted by atomic mass is 16.5. The van der Waals surface area contributed by atoms with Gasteiger partial charge in [0, 0.05) is 12.6 Å². The van der Waals surface area contributed by atoms with Gasteiger partial charge in [-0.1, -0.05) is 69.5 Å². The second-order valence-corrected chi connectivity index (χ2v) is 9.37. The van der Waals surface area contributed by atoms with Gasteiger partial charge in [0.15, 0.2) is 0 Å². The Morgan fingerprint density at radius 2 is 1.88 bits per heavy atom. The molecule has 1 aliphatic rings. The van der Waals surface area contributed by atoms with Gasteiger partial charge in [0.05, 0.1) is 13.3 Å². The van der Waals surface area contributed by atoms with E-state index in [1.54, 1.807) is 7.11 Å². The van der Waals surface area contributed by atoms with E-state index >= 15 is 0 Å². The molecule has 0 bridgehead atoms. The number of benzene rings is 2. The Bertz CT molecular complexity index is 804. The summed E-state index contributed by atoms with van der Waals surface area (Å²) >= 11 is 0. The minimum Gasteiger partial charge on any atom is -0.496 e. The average molecular weight is 437 g/mol. The third-order valence-corrected chi connectivity index (χ3v) is 7.12. The molecule has 1 N–H and O–H groups in total. The Hall–Kier alpha value is -1.84. The van der Waals surface area contributed by atoms with Crippen molar-refractivity contribution in [3.63, 3.8) is 0 Å². The molecule has 3 heteroatoms. The highest BCUT2D eigenvalue weighted by Gasteiger charge is 2.29. The van der Waals surface area contributed by atoms with Crippen LogP contribution < -0.4 is 10.1 Å². The van der Waals surface area contributed by atoms with Crippen molar-refractivity contribution >= 4 is 0 Å². The summed E-state index contributed by atoms with van der Waals surface area (Å²) in [6, 6.07) is 16.0. The summed E-state index contributed by atoms with van der Waals surface area (Å²) < 4.78 is 5.58. The molecule has 3 rings (SSSR count). The fourth-order valence-electron chi connectivity index (χ4n) is 5.35. The summed E-state index contributed by atoms with van der Waals surface area (Å²) in [6.07, 6.45) is 11.5. The monoisotopic (exact) mass is 436 g/mol. The number of hydrogen-bond donors (Lipinski definition) is 1. The molecule has 32 heavy (non-hydrogen) atoms. The number of unbranched alkanes of at least 4 members (excludes halogenated alkanes) is 2. The molecule has 2 aromatic rings. The zero-order valence-electron chi connectivity index (χ0n) is 20.8. The van der Waals surface area contributed by atoms with Crippen LogP contribution in [0.3, 0.4) is 0 Å². The highest BCUT2D eigenvalue weighted by molar-refractivity contribution is 5.46. The Morgan fingerprint density at radius 1 is 1.06 bits per heavy atom. The van der Waals surface area contributed by atoms with Crippen molar-refractivity contribution in [3.8, 4) is 5.75 Å². The zero-order valence-corrected chi connectivity index (χ0v) is 20.8. The molecular weight excluding hydrogens is 392 g/mol. The number of nitrogens with zero attached hydrogens (tertiary/aromatic N) is 1. The van der Waals surface area contributed by atoms with Crippen LogP contribution in [-0.2, 0) is 19.3 Å². The summed E-state index contributed by atoms with van der Waals surface area (Å²) in [4.78, 5) is 2.81. The smallest absolute Gasteiger partial charge is 0.122 e. The van der Waals surface area contributed by atoms with Crippen molar-refractivity contribution in [2.75, 3.05) is 20.2 Å². The van der Waals surface area contributed by atoms with Crippen LogP contribution in [0.25, 0.3) is 0 Å². The molecule has 3 nitrogen and oxygen atoms in total. The fraction of sp³-hybridized carbons (Fsp3) is 0.586. The molecule has 176 valence electrons. The minimum atomic E-state index is 0.469. The summed E-state index contributed by atoms with van der Waals surface area (Å²) in [7, 11) is 1.78. The van der Waals surface area contributed by atoms with Gasteiger partial charge in [-0.3, -0.25) is 4.90 Å². The lowest BCUT2D eigenvalue weighted by Gasteiger charge is -2.41. The van der Waals surface area contributed by atoms with Gasteiger partial charge in [-0.05, 0) is 80.3 Å². The van der Waals surface area contributed by atoms with Gasteiger partial charge >= 0.3 is 0 Å². The van der Waals surface area contributed by atoms with E-state index in [4.69, 9.17) is 4.74 Å². The first kappa shape index (κ1) is 24.8. The van der Waals surface area contributed by atoms with Crippen LogP contribution in [0.4, 0.5) is 0 Å². The predicted molar refractivity (Wildman–Crippen MR) is 137 cm³/mol. The fourth-order valence-corrected chi connectivity index (χ4v) is 5.35. The summed E-state index contributed by atoms with van der Waals surface area (Å²) in [5.41, 5.74) is 5.81. The van der Waals surface area contributed by atoms with Gasteiger partial charge in [-0.2, -0.15) is 0 Å². The molecular formula is C29H44N2O. The Labute approximate surface area is 196 Å². The van der Waals surface area contributed by atoms with Crippen molar-refractivity contribution in [2.45, 2.75) is 90.8 Å². The normalized spacial score (nSPS) is 16.7. The molecule has 0 aromatic heterocycles. The Balaban J connectivity index is 1.71. The second kappa shape index (κ2) is 13.0.